The Morgan fingerprint density at radius 2 is 1.68 bits per heavy atom. The molecule has 0 N–H and O–H groups in total. The van der Waals surface area contributed by atoms with Gasteiger partial charge in [0.2, 0.25) is 0 Å². The van der Waals surface area contributed by atoms with E-state index in [9.17, 15) is 13.2 Å². The first-order valence-corrected chi connectivity index (χ1v) is 5.67. The summed E-state index contributed by atoms with van der Waals surface area (Å²) in [5.74, 6) is 0. The highest BCUT2D eigenvalue weighted by atomic mass is 35.5. The van der Waals surface area contributed by atoms with Crippen LogP contribution in [0, 0.1) is 11.3 Å². The van der Waals surface area contributed by atoms with E-state index in [1.165, 1.54) is 36.4 Å². The Kier molecular flexibility index (Phi) is 3.50. The monoisotopic (exact) mass is 281 g/mol. The van der Waals surface area contributed by atoms with E-state index >= 15 is 0 Å². The standard InChI is InChI=1S/C14H7ClF3N/c15-10-6-5-9(8-19)12(7-10)11-3-1-2-4-13(11)14(16,17)18/h1-7H. The average Bonchev–Trinajstić information content (AvgIpc) is 2.37. The lowest BCUT2D eigenvalue weighted by Gasteiger charge is -2.13. The van der Waals surface area contributed by atoms with Crippen LogP contribution in [0.2, 0.25) is 5.02 Å². The van der Waals surface area contributed by atoms with Crippen molar-refractivity contribution in [1.29, 1.82) is 5.26 Å². The summed E-state index contributed by atoms with van der Waals surface area (Å²) in [5.41, 5.74) is -0.494. The molecule has 96 valence electrons. The predicted molar refractivity (Wildman–Crippen MR) is 66.6 cm³/mol. The van der Waals surface area contributed by atoms with Crippen LogP contribution in [0.3, 0.4) is 0 Å². The molecule has 0 aliphatic rings. The number of nitrogens with zero attached hydrogens (tertiary/aromatic N) is 1. The normalized spacial score (nSPS) is 11.1. The maximum atomic E-state index is 13.0. The van der Waals surface area contributed by atoms with E-state index in [0.29, 0.717) is 0 Å². The second-order valence-corrected chi connectivity index (χ2v) is 4.28. The van der Waals surface area contributed by atoms with Crippen LogP contribution in [0.4, 0.5) is 13.2 Å². The molecular formula is C14H7ClF3N. The summed E-state index contributed by atoms with van der Waals surface area (Å²) in [6, 6.07) is 11.2. The van der Waals surface area contributed by atoms with Crippen molar-refractivity contribution < 1.29 is 13.2 Å². The first-order valence-electron chi connectivity index (χ1n) is 5.29. The minimum atomic E-state index is -4.48. The summed E-state index contributed by atoms with van der Waals surface area (Å²) in [6.07, 6.45) is -4.48. The fraction of sp³-hybridized carbons (Fsp3) is 0.0714. The second kappa shape index (κ2) is 4.94. The minimum Gasteiger partial charge on any atom is -0.192 e. The van der Waals surface area contributed by atoms with E-state index < -0.39 is 11.7 Å². The fourth-order valence-corrected chi connectivity index (χ4v) is 1.97. The maximum absolute atomic E-state index is 13.0. The highest BCUT2D eigenvalue weighted by Gasteiger charge is 2.33. The molecule has 0 unspecified atom stereocenters. The van der Waals surface area contributed by atoms with Crippen LogP contribution in [-0.2, 0) is 6.18 Å². The molecule has 1 nitrogen and oxygen atoms in total. The number of hydrogen-bond acceptors (Lipinski definition) is 1. The van der Waals surface area contributed by atoms with Crippen molar-refractivity contribution in [3.05, 3.63) is 58.6 Å². The summed E-state index contributed by atoms with van der Waals surface area (Å²) in [4.78, 5) is 0. The molecule has 0 radical (unpaired) electrons. The van der Waals surface area contributed by atoms with Gasteiger partial charge in [-0.15, -0.1) is 0 Å². The molecule has 0 aromatic heterocycles. The summed E-state index contributed by atoms with van der Waals surface area (Å²) >= 11 is 5.80. The largest absolute Gasteiger partial charge is 0.417 e. The van der Waals surface area contributed by atoms with E-state index in [4.69, 9.17) is 16.9 Å². The molecule has 0 saturated heterocycles. The molecular weight excluding hydrogens is 275 g/mol. The average molecular weight is 282 g/mol. The number of halogens is 4. The van der Waals surface area contributed by atoms with Gasteiger partial charge in [-0.3, -0.25) is 0 Å². The predicted octanol–water partition coefficient (Wildman–Crippen LogP) is 4.90. The van der Waals surface area contributed by atoms with Crippen molar-refractivity contribution in [1.82, 2.24) is 0 Å². The topological polar surface area (TPSA) is 23.8 Å². The molecule has 0 bridgehead atoms. The van der Waals surface area contributed by atoms with Gasteiger partial charge in [0.25, 0.3) is 0 Å². The number of hydrogen-bond donors (Lipinski definition) is 0. The van der Waals surface area contributed by atoms with Crippen molar-refractivity contribution >= 4 is 11.6 Å². The number of nitriles is 1. The zero-order valence-electron chi connectivity index (χ0n) is 9.50. The van der Waals surface area contributed by atoms with Gasteiger partial charge in [-0.25, -0.2) is 0 Å². The highest BCUT2D eigenvalue weighted by molar-refractivity contribution is 6.30. The van der Waals surface area contributed by atoms with Gasteiger partial charge in [-0.05, 0) is 29.8 Å². The summed E-state index contributed by atoms with van der Waals surface area (Å²) in [5, 5.41) is 9.27. The molecule has 0 fully saturated rings. The van der Waals surface area contributed by atoms with Crippen molar-refractivity contribution in [2.45, 2.75) is 6.18 Å². The van der Waals surface area contributed by atoms with E-state index in [1.54, 1.807) is 0 Å². The van der Waals surface area contributed by atoms with Crippen molar-refractivity contribution in [2.75, 3.05) is 0 Å². The zero-order chi connectivity index (χ0) is 14.0. The van der Waals surface area contributed by atoms with E-state index in [2.05, 4.69) is 0 Å². The van der Waals surface area contributed by atoms with Gasteiger partial charge in [-0.2, -0.15) is 18.4 Å². The Bertz CT molecular complexity index is 656. The molecule has 0 atom stereocenters. The summed E-state index contributed by atoms with van der Waals surface area (Å²) < 4.78 is 38.9. The number of rotatable bonds is 1. The van der Waals surface area contributed by atoms with Gasteiger partial charge < -0.3 is 0 Å². The number of alkyl halides is 3. The van der Waals surface area contributed by atoms with Gasteiger partial charge in [0.05, 0.1) is 17.2 Å². The Labute approximate surface area is 112 Å². The Morgan fingerprint density at radius 1 is 1.00 bits per heavy atom. The van der Waals surface area contributed by atoms with Crippen LogP contribution in [-0.4, -0.2) is 0 Å². The van der Waals surface area contributed by atoms with Crippen LogP contribution >= 0.6 is 11.6 Å². The van der Waals surface area contributed by atoms with Crippen LogP contribution in [0.1, 0.15) is 11.1 Å². The third-order valence-corrected chi connectivity index (χ3v) is 2.86. The van der Waals surface area contributed by atoms with Gasteiger partial charge in [-0.1, -0.05) is 29.8 Å². The van der Waals surface area contributed by atoms with E-state index in [-0.39, 0.29) is 21.7 Å². The molecule has 0 amide bonds. The third kappa shape index (κ3) is 2.72. The molecule has 2 aromatic carbocycles. The molecule has 5 heteroatoms. The maximum Gasteiger partial charge on any atom is 0.417 e. The number of benzene rings is 2. The first kappa shape index (κ1) is 13.4. The fourth-order valence-electron chi connectivity index (χ4n) is 1.80. The molecule has 0 saturated carbocycles. The molecule has 2 aromatic rings. The lowest BCUT2D eigenvalue weighted by molar-refractivity contribution is -0.137. The smallest absolute Gasteiger partial charge is 0.192 e. The van der Waals surface area contributed by atoms with Crippen molar-refractivity contribution in [3.8, 4) is 17.2 Å². The van der Waals surface area contributed by atoms with Crippen molar-refractivity contribution in [3.63, 3.8) is 0 Å². The quantitative estimate of drug-likeness (QED) is 0.729. The molecule has 2 rings (SSSR count). The SMILES string of the molecule is N#Cc1ccc(Cl)cc1-c1ccccc1C(F)(F)F. The molecule has 19 heavy (non-hydrogen) atoms. The zero-order valence-corrected chi connectivity index (χ0v) is 10.3. The lowest BCUT2D eigenvalue weighted by atomic mass is 9.95. The van der Waals surface area contributed by atoms with Gasteiger partial charge in [0.15, 0.2) is 0 Å². The van der Waals surface area contributed by atoms with Gasteiger partial charge in [0.1, 0.15) is 0 Å². The Morgan fingerprint density at radius 3 is 2.32 bits per heavy atom. The first-order chi connectivity index (χ1) is 8.93. The van der Waals surface area contributed by atoms with Crippen LogP contribution in [0.15, 0.2) is 42.5 Å². The molecule has 0 aliphatic carbocycles. The Balaban J connectivity index is 2.73. The lowest BCUT2D eigenvalue weighted by Crippen LogP contribution is -2.07. The molecule has 0 aliphatic heterocycles. The molecule has 0 heterocycles. The van der Waals surface area contributed by atoms with E-state index in [1.807, 2.05) is 6.07 Å². The third-order valence-electron chi connectivity index (χ3n) is 2.62. The van der Waals surface area contributed by atoms with Crippen molar-refractivity contribution in [2.24, 2.45) is 0 Å². The Hall–Kier alpha value is -1.99. The summed E-state index contributed by atoms with van der Waals surface area (Å²) in [7, 11) is 0. The van der Waals surface area contributed by atoms with Crippen LogP contribution < -0.4 is 0 Å². The van der Waals surface area contributed by atoms with Gasteiger partial charge >= 0.3 is 6.18 Å². The summed E-state index contributed by atoms with van der Waals surface area (Å²) in [6.45, 7) is 0. The molecule has 0 spiro atoms. The minimum absolute atomic E-state index is 0.0472. The van der Waals surface area contributed by atoms with Gasteiger partial charge in [0, 0.05) is 10.6 Å². The highest BCUT2D eigenvalue weighted by Crippen LogP contribution is 2.38. The van der Waals surface area contributed by atoms with E-state index in [0.717, 1.165) is 6.07 Å². The van der Waals surface area contributed by atoms with Crippen LogP contribution in [0.5, 0.6) is 0 Å². The second-order valence-electron chi connectivity index (χ2n) is 3.85. The van der Waals surface area contributed by atoms with Crippen LogP contribution in [0.25, 0.3) is 11.1 Å².